The quantitative estimate of drug-likeness (QED) is 0.375. The number of aliphatic hydroxyl groups is 1. The maximum atomic E-state index is 10.3. The van der Waals surface area contributed by atoms with Crippen LogP contribution in [0.2, 0.25) is 4.34 Å². The van der Waals surface area contributed by atoms with Gasteiger partial charge in [0.2, 0.25) is 0 Å². The number of thiophene rings is 1. The van der Waals surface area contributed by atoms with Crippen molar-refractivity contribution in [2.24, 2.45) is 4.99 Å². The van der Waals surface area contributed by atoms with Gasteiger partial charge >= 0.3 is 0 Å². The SMILES string of the molecule is CCNC(=NCc1cccc(Cn2ccnc2C)c1)NCC(O)c1ccc(Cl)s1. The molecule has 1 atom stereocenters. The number of hydrogen-bond acceptors (Lipinski definition) is 4. The lowest BCUT2D eigenvalue weighted by Crippen LogP contribution is -2.39. The predicted molar refractivity (Wildman–Crippen MR) is 120 cm³/mol. The molecule has 154 valence electrons. The number of imidazole rings is 1. The van der Waals surface area contributed by atoms with Crippen molar-refractivity contribution in [3.63, 3.8) is 0 Å². The summed E-state index contributed by atoms with van der Waals surface area (Å²) < 4.78 is 2.79. The molecule has 0 aliphatic heterocycles. The molecule has 8 heteroatoms. The molecule has 1 aromatic carbocycles. The number of halogens is 1. The van der Waals surface area contributed by atoms with Gasteiger partial charge in [-0.05, 0) is 37.1 Å². The average Bonchev–Trinajstić information content (AvgIpc) is 3.32. The summed E-state index contributed by atoms with van der Waals surface area (Å²) in [5, 5.41) is 16.7. The zero-order valence-electron chi connectivity index (χ0n) is 16.6. The molecule has 0 amide bonds. The van der Waals surface area contributed by atoms with Crippen molar-refractivity contribution in [2.45, 2.75) is 33.0 Å². The van der Waals surface area contributed by atoms with Crippen LogP contribution >= 0.6 is 22.9 Å². The molecule has 2 aromatic heterocycles. The molecule has 2 heterocycles. The number of nitrogens with zero attached hydrogens (tertiary/aromatic N) is 3. The van der Waals surface area contributed by atoms with E-state index < -0.39 is 6.10 Å². The molecule has 0 saturated heterocycles. The summed E-state index contributed by atoms with van der Waals surface area (Å²) in [6, 6.07) is 12.0. The van der Waals surface area contributed by atoms with Crippen molar-refractivity contribution >= 4 is 28.9 Å². The van der Waals surface area contributed by atoms with Crippen LogP contribution in [0.25, 0.3) is 0 Å². The number of nitrogens with one attached hydrogen (secondary N) is 2. The van der Waals surface area contributed by atoms with E-state index in [0.29, 0.717) is 23.4 Å². The van der Waals surface area contributed by atoms with E-state index in [1.807, 2.05) is 32.3 Å². The minimum absolute atomic E-state index is 0.364. The van der Waals surface area contributed by atoms with E-state index in [0.717, 1.165) is 29.4 Å². The zero-order chi connectivity index (χ0) is 20.6. The molecular formula is C21H26ClN5OS. The van der Waals surface area contributed by atoms with Gasteiger partial charge in [0.15, 0.2) is 5.96 Å². The second kappa shape index (κ2) is 10.4. The monoisotopic (exact) mass is 431 g/mol. The fourth-order valence-electron chi connectivity index (χ4n) is 2.91. The lowest BCUT2D eigenvalue weighted by Gasteiger charge is -2.14. The fourth-order valence-corrected chi connectivity index (χ4v) is 3.95. The first-order valence-corrected chi connectivity index (χ1v) is 10.8. The number of benzene rings is 1. The van der Waals surface area contributed by atoms with Crippen molar-refractivity contribution in [3.8, 4) is 0 Å². The highest BCUT2D eigenvalue weighted by atomic mass is 35.5. The first kappa shape index (κ1) is 21.4. The fraction of sp³-hybridized carbons (Fsp3) is 0.333. The predicted octanol–water partition coefficient (Wildman–Crippen LogP) is 3.74. The second-order valence-electron chi connectivity index (χ2n) is 6.66. The molecule has 6 nitrogen and oxygen atoms in total. The lowest BCUT2D eigenvalue weighted by atomic mass is 10.1. The van der Waals surface area contributed by atoms with Gasteiger partial charge in [-0.3, -0.25) is 0 Å². The Kier molecular flexibility index (Phi) is 7.69. The van der Waals surface area contributed by atoms with Crippen molar-refractivity contribution in [2.75, 3.05) is 13.1 Å². The molecule has 1 unspecified atom stereocenters. The number of aromatic nitrogens is 2. The highest BCUT2D eigenvalue weighted by Gasteiger charge is 2.11. The van der Waals surface area contributed by atoms with Gasteiger partial charge in [-0.25, -0.2) is 9.98 Å². The van der Waals surface area contributed by atoms with E-state index in [4.69, 9.17) is 11.6 Å². The zero-order valence-corrected chi connectivity index (χ0v) is 18.2. The Bertz CT molecular complexity index is 952. The minimum atomic E-state index is -0.627. The van der Waals surface area contributed by atoms with Gasteiger partial charge in [-0.2, -0.15) is 0 Å². The topological polar surface area (TPSA) is 74.5 Å². The van der Waals surface area contributed by atoms with Crippen LogP contribution in [0.1, 0.15) is 34.9 Å². The van der Waals surface area contributed by atoms with E-state index in [1.54, 1.807) is 6.07 Å². The largest absolute Gasteiger partial charge is 0.386 e. The maximum absolute atomic E-state index is 10.3. The smallest absolute Gasteiger partial charge is 0.191 e. The third-order valence-corrected chi connectivity index (χ3v) is 5.75. The summed E-state index contributed by atoms with van der Waals surface area (Å²) in [5.74, 6) is 1.67. The molecule has 3 N–H and O–H groups in total. The molecule has 0 aliphatic carbocycles. The Morgan fingerprint density at radius 1 is 1.28 bits per heavy atom. The Morgan fingerprint density at radius 3 is 2.79 bits per heavy atom. The van der Waals surface area contributed by atoms with Crippen molar-refractivity contribution in [1.29, 1.82) is 0 Å². The van der Waals surface area contributed by atoms with Gasteiger partial charge in [-0.15, -0.1) is 11.3 Å². The molecule has 0 radical (unpaired) electrons. The van der Waals surface area contributed by atoms with Gasteiger partial charge in [0.25, 0.3) is 0 Å². The van der Waals surface area contributed by atoms with E-state index in [9.17, 15) is 5.11 Å². The number of hydrogen-bond donors (Lipinski definition) is 3. The first-order valence-electron chi connectivity index (χ1n) is 9.56. The summed E-state index contributed by atoms with van der Waals surface area (Å²) in [6.45, 7) is 6.46. The van der Waals surface area contributed by atoms with Crippen LogP contribution in [-0.4, -0.2) is 33.7 Å². The molecule has 29 heavy (non-hydrogen) atoms. The van der Waals surface area contributed by atoms with Crippen molar-refractivity contribution < 1.29 is 5.11 Å². The molecule has 0 aliphatic rings. The molecule has 0 saturated carbocycles. The van der Waals surface area contributed by atoms with Crippen LogP contribution in [0.5, 0.6) is 0 Å². The minimum Gasteiger partial charge on any atom is -0.386 e. The summed E-state index contributed by atoms with van der Waals surface area (Å²) >= 11 is 7.33. The van der Waals surface area contributed by atoms with Crippen LogP contribution in [0.4, 0.5) is 0 Å². The van der Waals surface area contributed by atoms with Crippen molar-refractivity contribution in [3.05, 3.63) is 75.0 Å². The van der Waals surface area contributed by atoms with Gasteiger partial charge in [-0.1, -0.05) is 35.9 Å². The molecule has 3 rings (SSSR count). The van der Waals surface area contributed by atoms with E-state index in [2.05, 4.69) is 49.4 Å². The molecule has 0 spiro atoms. The normalized spacial score (nSPS) is 12.8. The van der Waals surface area contributed by atoms with Crippen molar-refractivity contribution in [1.82, 2.24) is 20.2 Å². The second-order valence-corrected chi connectivity index (χ2v) is 8.40. The van der Waals surface area contributed by atoms with Crippen LogP contribution in [0, 0.1) is 6.92 Å². The molecule has 0 fully saturated rings. The van der Waals surface area contributed by atoms with E-state index in [1.165, 1.54) is 16.9 Å². The number of aliphatic hydroxyl groups excluding tert-OH is 1. The molecular weight excluding hydrogens is 406 g/mol. The number of guanidine groups is 1. The van der Waals surface area contributed by atoms with Gasteiger partial charge in [0, 0.05) is 36.9 Å². The average molecular weight is 432 g/mol. The lowest BCUT2D eigenvalue weighted by molar-refractivity contribution is 0.184. The van der Waals surface area contributed by atoms with Crippen LogP contribution in [0.15, 0.2) is 53.8 Å². The number of aryl methyl sites for hydroxylation is 1. The maximum Gasteiger partial charge on any atom is 0.191 e. The third-order valence-electron chi connectivity index (χ3n) is 4.42. The number of aliphatic imine (C=N–C) groups is 1. The van der Waals surface area contributed by atoms with Crippen LogP contribution in [-0.2, 0) is 13.1 Å². The van der Waals surface area contributed by atoms with Gasteiger partial charge in [0.1, 0.15) is 11.9 Å². The summed E-state index contributed by atoms with van der Waals surface area (Å²) in [5.41, 5.74) is 2.34. The van der Waals surface area contributed by atoms with E-state index >= 15 is 0 Å². The Morgan fingerprint density at radius 2 is 2.10 bits per heavy atom. The summed E-state index contributed by atoms with van der Waals surface area (Å²) in [7, 11) is 0. The highest BCUT2D eigenvalue weighted by molar-refractivity contribution is 7.16. The standard InChI is InChI=1S/C21H26ClN5OS/c1-3-23-21(26-13-18(28)19-7-8-20(22)29-19)25-12-16-5-4-6-17(11-16)14-27-10-9-24-15(27)2/h4-11,18,28H,3,12-14H2,1-2H3,(H2,23,25,26). The van der Waals surface area contributed by atoms with Crippen LogP contribution < -0.4 is 10.6 Å². The Hall–Kier alpha value is -2.35. The summed E-state index contributed by atoms with van der Waals surface area (Å²) in [6.07, 6.45) is 3.17. The number of rotatable bonds is 8. The van der Waals surface area contributed by atoms with Gasteiger partial charge in [0.05, 0.1) is 10.9 Å². The third kappa shape index (κ3) is 6.32. The van der Waals surface area contributed by atoms with Crippen LogP contribution in [0.3, 0.4) is 0 Å². The van der Waals surface area contributed by atoms with E-state index in [-0.39, 0.29) is 0 Å². The van der Waals surface area contributed by atoms with Gasteiger partial charge < -0.3 is 20.3 Å². The Labute approximate surface area is 180 Å². The molecule has 3 aromatic rings. The highest BCUT2D eigenvalue weighted by Crippen LogP contribution is 2.26. The Balaban J connectivity index is 1.60. The first-order chi connectivity index (χ1) is 14.0. The summed E-state index contributed by atoms with van der Waals surface area (Å²) in [4.78, 5) is 9.76. The molecule has 0 bridgehead atoms.